The van der Waals surface area contributed by atoms with Gasteiger partial charge in [0.05, 0.1) is 42.8 Å². The zero-order valence-corrected chi connectivity index (χ0v) is 18.1. The third-order valence-electron chi connectivity index (χ3n) is 5.73. The molecule has 3 heterocycles. The van der Waals surface area contributed by atoms with Crippen molar-refractivity contribution in [3.8, 4) is 6.07 Å². The molecule has 11 heteroatoms. The van der Waals surface area contributed by atoms with Crippen LogP contribution in [-0.4, -0.2) is 59.3 Å². The van der Waals surface area contributed by atoms with Crippen LogP contribution < -0.4 is 15.1 Å². The molecule has 0 bridgehead atoms. The number of hydrogen-bond donors (Lipinski definition) is 1. The van der Waals surface area contributed by atoms with Crippen molar-refractivity contribution < 1.29 is 18.7 Å². The molecule has 0 unspecified atom stereocenters. The molecule has 0 spiro atoms. The van der Waals surface area contributed by atoms with Crippen molar-refractivity contribution in [1.82, 2.24) is 20.3 Å². The molecule has 33 heavy (non-hydrogen) atoms. The number of hydrogen-bond acceptors (Lipinski definition) is 7. The SMILES string of the molecule is CC(=O)NC[C@H]1CN(c2ccc(N3CCC(n4cc(/C=C/C#N)nn4)CC3)c(F)c2)C(=O)O1. The van der Waals surface area contributed by atoms with E-state index >= 15 is 0 Å². The van der Waals surface area contributed by atoms with Gasteiger partial charge in [-0.3, -0.25) is 9.69 Å². The van der Waals surface area contributed by atoms with Crippen molar-refractivity contribution in [2.24, 2.45) is 0 Å². The molecule has 2 aliphatic rings. The second kappa shape index (κ2) is 9.68. The highest BCUT2D eigenvalue weighted by Gasteiger charge is 2.33. The van der Waals surface area contributed by atoms with Crippen molar-refractivity contribution in [3.63, 3.8) is 0 Å². The summed E-state index contributed by atoms with van der Waals surface area (Å²) in [6, 6.07) is 6.81. The summed E-state index contributed by atoms with van der Waals surface area (Å²) in [6.07, 6.45) is 5.27. The van der Waals surface area contributed by atoms with Gasteiger partial charge in [0.2, 0.25) is 5.91 Å². The summed E-state index contributed by atoms with van der Waals surface area (Å²) >= 11 is 0. The zero-order valence-electron chi connectivity index (χ0n) is 18.1. The van der Waals surface area contributed by atoms with Gasteiger partial charge in [0.15, 0.2) is 0 Å². The molecule has 1 aromatic heterocycles. The first-order valence-electron chi connectivity index (χ1n) is 10.7. The standard InChI is InChI=1S/C22H24FN7O3/c1-15(31)25-12-19-14-29(22(32)33-19)18-4-5-21(20(23)11-18)28-9-6-17(7-10-28)30-13-16(26-27-30)3-2-8-24/h2-5,11,13,17,19H,6-7,9-10,12,14H2,1H3,(H,25,31)/b3-2+/t19-/m0/s1. The van der Waals surface area contributed by atoms with Crippen LogP contribution >= 0.6 is 0 Å². The minimum atomic E-state index is -0.560. The van der Waals surface area contributed by atoms with Gasteiger partial charge < -0.3 is 15.0 Å². The normalized spacial score (nSPS) is 19.1. The van der Waals surface area contributed by atoms with Crippen LogP contribution in [0.2, 0.25) is 0 Å². The second-order valence-electron chi connectivity index (χ2n) is 7.99. The third kappa shape index (κ3) is 5.11. The Balaban J connectivity index is 1.37. The van der Waals surface area contributed by atoms with Gasteiger partial charge in [-0.05, 0) is 37.1 Å². The Hall–Kier alpha value is -3.94. The van der Waals surface area contributed by atoms with Crippen LogP contribution in [0.15, 0.2) is 30.5 Å². The fourth-order valence-corrected chi connectivity index (χ4v) is 4.06. The average molecular weight is 453 g/mol. The number of piperidine rings is 1. The van der Waals surface area contributed by atoms with Crippen LogP contribution in [0.5, 0.6) is 0 Å². The highest BCUT2D eigenvalue weighted by Crippen LogP contribution is 2.31. The van der Waals surface area contributed by atoms with E-state index in [-0.39, 0.29) is 25.0 Å². The first-order chi connectivity index (χ1) is 15.9. The monoisotopic (exact) mass is 453 g/mol. The summed E-state index contributed by atoms with van der Waals surface area (Å²) in [5.41, 5.74) is 1.53. The number of nitrogens with zero attached hydrogens (tertiary/aromatic N) is 6. The van der Waals surface area contributed by atoms with Crippen LogP contribution in [0.3, 0.4) is 0 Å². The fourth-order valence-electron chi connectivity index (χ4n) is 4.06. The Morgan fingerprint density at radius 2 is 2.18 bits per heavy atom. The molecular weight excluding hydrogens is 429 g/mol. The molecule has 1 atom stereocenters. The van der Waals surface area contributed by atoms with Crippen LogP contribution in [-0.2, 0) is 9.53 Å². The first kappa shape index (κ1) is 22.3. The largest absolute Gasteiger partial charge is 0.442 e. The number of rotatable bonds is 6. The lowest BCUT2D eigenvalue weighted by Crippen LogP contribution is -2.35. The summed E-state index contributed by atoms with van der Waals surface area (Å²) in [6.45, 7) is 3.15. The number of anilines is 2. The fraction of sp³-hybridized carbons (Fsp3) is 0.409. The molecule has 0 aliphatic carbocycles. The lowest BCUT2D eigenvalue weighted by molar-refractivity contribution is -0.119. The topological polar surface area (TPSA) is 116 Å². The highest BCUT2D eigenvalue weighted by molar-refractivity contribution is 5.90. The lowest BCUT2D eigenvalue weighted by Gasteiger charge is -2.33. The van der Waals surface area contributed by atoms with Crippen LogP contribution in [0.4, 0.5) is 20.6 Å². The number of amides is 2. The maximum atomic E-state index is 15.0. The number of allylic oxidation sites excluding steroid dienone is 1. The average Bonchev–Trinajstić information content (AvgIpc) is 3.43. The Bertz CT molecular complexity index is 1100. The molecule has 0 radical (unpaired) electrons. The van der Waals surface area contributed by atoms with Gasteiger partial charge in [-0.25, -0.2) is 13.9 Å². The minimum Gasteiger partial charge on any atom is -0.442 e. The highest BCUT2D eigenvalue weighted by atomic mass is 19.1. The molecule has 10 nitrogen and oxygen atoms in total. The minimum absolute atomic E-state index is 0.153. The number of nitriles is 1. The number of carbonyl (C=O) groups excluding carboxylic acids is 2. The van der Waals surface area contributed by atoms with E-state index in [4.69, 9.17) is 10.00 Å². The van der Waals surface area contributed by atoms with Gasteiger partial charge in [0, 0.05) is 26.1 Å². The first-order valence-corrected chi connectivity index (χ1v) is 10.7. The lowest BCUT2D eigenvalue weighted by atomic mass is 10.0. The van der Waals surface area contributed by atoms with Gasteiger partial charge in [0.25, 0.3) is 0 Å². The molecule has 2 aliphatic heterocycles. The number of aromatic nitrogens is 3. The Morgan fingerprint density at radius 1 is 1.39 bits per heavy atom. The van der Waals surface area contributed by atoms with Gasteiger partial charge >= 0.3 is 6.09 Å². The zero-order chi connectivity index (χ0) is 23.4. The maximum absolute atomic E-state index is 15.0. The summed E-state index contributed by atoms with van der Waals surface area (Å²) in [7, 11) is 0. The van der Waals surface area contributed by atoms with Crippen molar-refractivity contribution in [2.75, 3.05) is 36.0 Å². The number of nitrogens with one attached hydrogen (secondary N) is 1. The van der Waals surface area contributed by atoms with E-state index in [0.717, 1.165) is 12.8 Å². The van der Waals surface area contributed by atoms with Crippen molar-refractivity contribution >= 4 is 29.5 Å². The van der Waals surface area contributed by atoms with Gasteiger partial charge in [-0.1, -0.05) is 5.21 Å². The van der Waals surface area contributed by atoms with E-state index in [1.807, 2.05) is 11.0 Å². The van der Waals surface area contributed by atoms with Crippen LogP contribution in [0.1, 0.15) is 31.5 Å². The predicted molar refractivity (Wildman–Crippen MR) is 118 cm³/mol. The number of ether oxygens (including phenoxy) is 1. The van der Waals surface area contributed by atoms with E-state index in [1.54, 1.807) is 29.1 Å². The van der Waals surface area contributed by atoms with E-state index in [1.165, 1.54) is 24.0 Å². The summed E-state index contributed by atoms with van der Waals surface area (Å²) in [4.78, 5) is 26.6. The van der Waals surface area contributed by atoms with Gasteiger partial charge in [0.1, 0.15) is 17.6 Å². The Morgan fingerprint density at radius 3 is 2.88 bits per heavy atom. The number of benzene rings is 1. The quantitative estimate of drug-likeness (QED) is 0.667. The van der Waals surface area contributed by atoms with E-state index in [9.17, 15) is 14.0 Å². The second-order valence-corrected chi connectivity index (χ2v) is 7.99. The van der Waals surface area contributed by atoms with E-state index < -0.39 is 18.0 Å². The molecule has 0 saturated carbocycles. The van der Waals surface area contributed by atoms with E-state index in [2.05, 4.69) is 15.6 Å². The molecule has 1 aromatic carbocycles. The van der Waals surface area contributed by atoms with Crippen LogP contribution in [0.25, 0.3) is 6.08 Å². The predicted octanol–water partition coefficient (Wildman–Crippen LogP) is 2.26. The smallest absolute Gasteiger partial charge is 0.414 e. The Kier molecular flexibility index (Phi) is 6.53. The molecule has 2 amide bonds. The van der Waals surface area contributed by atoms with Crippen molar-refractivity contribution in [1.29, 1.82) is 5.26 Å². The molecule has 2 saturated heterocycles. The maximum Gasteiger partial charge on any atom is 0.414 e. The van der Waals surface area contributed by atoms with Gasteiger partial charge in [-0.15, -0.1) is 5.10 Å². The van der Waals surface area contributed by atoms with Crippen LogP contribution in [0, 0.1) is 17.1 Å². The third-order valence-corrected chi connectivity index (χ3v) is 5.73. The Labute approximate surface area is 190 Å². The number of carbonyl (C=O) groups is 2. The van der Waals surface area contributed by atoms with Crippen molar-refractivity contribution in [2.45, 2.75) is 31.9 Å². The van der Waals surface area contributed by atoms with E-state index in [0.29, 0.717) is 30.2 Å². The molecular formula is C22H24FN7O3. The molecule has 172 valence electrons. The summed E-state index contributed by atoms with van der Waals surface area (Å²) < 4.78 is 22.0. The van der Waals surface area contributed by atoms with Gasteiger partial charge in [-0.2, -0.15) is 5.26 Å². The van der Waals surface area contributed by atoms with Crippen molar-refractivity contribution in [3.05, 3.63) is 42.0 Å². The number of halogens is 1. The molecule has 2 fully saturated rings. The molecule has 1 N–H and O–H groups in total. The molecule has 4 rings (SSSR count). The summed E-state index contributed by atoms with van der Waals surface area (Å²) in [5.74, 6) is -0.613. The summed E-state index contributed by atoms with van der Waals surface area (Å²) in [5, 5.41) is 19.4. The number of cyclic esters (lactones) is 1. The molecule has 2 aromatic rings.